The maximum Gasteiger partial charge on any atom is 0.413 e. The summed E-state index contributed by atoms with van der Waals surface area (Å²) in [7, 11) is -1.18. The van der Waals surface area contributed by atoms with Crippen LogP contribution in [0.1, 0.15) is 0 Å². The molecule has 1 amide bonds. The van der Waals surface area contributed by atoms with Gasteiger partial charge in [-0.15, -0.1) is 0 Å². The summed E-state index contributed by atoms with van der Waals surface area (Å²) in [6.07, 6.45) is 1.64. The highest BCUT2D eigenvalue weighted by molar-refractivity contribution is 6.80. The van der Waals surface area contributed by atoms with Gasteiger partial charge in [0.1, 0.15) is 6.61 Å². The first kappa shape index (κ1) is 9.32. The fourth-order valence-corrected chi connectivity index (χ4v) is 1.48. The number of ether oxygens (including phenoxy) is 1. The minimum Gasteiger partial charge on any atom is -0.447 e. The Morgan fingerprint density at radius 1 is 1.50 bits per heavy atom. The molecular formula is C8H15NO2Si. The zero-order chi connectivity index (χ0) is 9.19. The topological polar surface area (TPSA) is 29.5 Å². The van der Waals surface area contributed by atoms with Gasteiger partial charge in [0.15, 0.2) is 0 Å². The summed E-state index contributed by atoms with van der Waals surface area (Å²) in [5.74, 6) is 0. The number of carbonyl (C=O) groups excluding carboxylic acids is 1. The summed E-state index contributed by atoms with van der Waals surface area (Å²) in [4.78, 5) is 12.6. The fourth-order valence-electron chi connectivity index (χ4n) is 0.854. The van der Waals surface area contributed by atoms with Crippen molar-refractivity contribution in [2.24, 2.45) is 0 Å². The van der Waals surface area contributed by atoms with E-state index in [1.165, 1.54) is 0 Å². The van der Waals surface area contributed by atoms with E-state index in [0.717, 1.165) is 0 Å². The van der Waals surface area contributed by atoms with Crippen LogP contribution in [0, 0.1) is 0 Å². The maximum atomic E-state index is 11.0. The molecule has 0 spiro atoms. The zero-order valence-corrected chi connectivity index (χ0v) is 8.83. The minimum atomic E-state index is -1.18. The molecule has 0 unspecified atom stereocenters. The lowest BCUT2D eigenvalue weighted by Crippen LogP contribution is -2.21. The number of cyclic esters (lactones) is 1. The van der Waals surface area contributed by atoms with E-state index in [4.69, 9.17) is 4.74 Å². The monoisotopic (exact) mass is 185 g/mol. The number of carbonyl (C=O) groups is 1. The van der Waals surface area contributed by atoms with Crippen LogP contribution in [0.15, 0.2) is 11.9 Å². The molecule has 0 N–H and O–H groups in total. The molecule has 1 aliphatic rings. The van der Waals surface area contributed by atoms with Gasteiger partial charge in [-0.1, -0.05) is 25.3 Å². The van der Waals surface area contributed by atoms with Gasteiger partial charge in [0.2, 0.25) is 0 Å². The number of rotatable bonds is 2. The molecular weight excluding hydrogens is 170 g/mol. The molecule has 3 nitrogen and oxygen atoms in total. The van der Waals surface area contributed by atoms with E-state index in [1.54, 1.807) is 4.90 Å². The SMILES string of the molecule is C[Si](C)(C)/C=C\N1CCOC1=O. The van der Waals surface area contributed by atoms with E-state index in [-0.39, 0.29) is 6.09 Å². The third kappa shape index (κ3) is 2.69. The molecule has 0 aromatic heterocycles. The first-order chi connectivity index (χ1) is 5.49. The molecule has 0 radical (unpaired) electrons. The molecule has 0 aromatic carbocycles. The van der Waals surface area contributed by atoms with Gasteiger partial charge in [-0.25, -0.2) is 4.79 Å². The lowest BCUT2D eigenvalue weighted by molar-refractivity contribution is 0.166. The minimum absolute atomic E-state index is 0.218. The molecule has 0 aromatic rings. The van der Waals surface area contributed by atoms with Crippen molar-refractivity contribution in [3.63, 3.8) is 0 Å². The highest BCUT2D eigenvalue weighted by atomic mass is 28.3. The first-order valence-corrected chi connectivity index (χ1v) is 7.69. The van der Waals surface area contributed by atoms with E-state index >= 15 is 0 Å². The zero-order valence-electron chi connectivity index (χ0n) is 7.83. The first-order valence-electron chi connectivity index (χ1n) is 4.12. The number of nitrogens with zero attached hydrogens (tertiary/aromatic N) is 1. The highest BCUT2D eigenvalue weighted by Crippen LogP contribution is 2.07. The smallest absolute Gasteiger partial charge is 0.413 e. The van der Waals surface area contributed by atoms with Crippen molar-refractivity contribution < 1.29 is 9.53 Å². The van der Waals surface area contributed by atoms with Crippen molar-refractivity contribution in [2.45, 2.75) is 19.6 Å². The molecule has 0 aliphatic carbocycles. The Kier molecular flexibility index (Phi) is 2.57. The molecule has 1 heterocycles. The van der Waals surface area contributed by atoms with E-state index in [2.05, 4.69) is 25.3 Å². The highest BCUT2D eigenvalue weighted by Gasteiger charge is 2.19. The van der Waals surface area contributed by atoms with Gasteiger partial charge in [0, 0.05) is 6.20 Å². The predicted molar refractivity (Wildman–Crippen MR) is 50.5 cm³/mol. The van der Waals surface area contributed by atoms with Crippen LogP contribution in [0.3, 0.4) is 0 Å². The molecule has 0 saturated carbocycles. The average Bonchev–Trinajstić information content (AvgIpc) is 2.29. The van der Waals surface area contributed by atoms with Crippen LogP contribution in [-0.2, 0) is 4.74 Å². The number of hydrogen-bond acceptors (Lipinski definition) is 2. The van der Waals surface area contributed by atoms with Crippen molar-refractivity contribution >= 4 is 14.2 Å². The Morgan fingerprint density at radius 2 is 2.17 bits per heavy atom. The van der Waals surface area contributed by atoms with Gasteiger partial charge in [0.05, 0.1) is 14.6 Å². The van der Waals surface area contributed by atoms with Crippen LogP contribution >= 0.6 is 0 Å². The number of amides is 1. The van der Waals surface area contributed by atoms with Crippen LogP contribution in [0.5, 0.6) is 0 Å². The third-order valence-electron chi connectivity index (χ3n) is 1.55. The Hall–Kier alpha value is -0.773. The molecule has 1 aliphatic heterocycles. The Morgan fingerprint density at radius 3 is 2.58 bits per heavy atom. The molecule has 4 heteroatoms. The van der Waals surface area contributed by atoms with Crippen molar-refractivity contribution in [1.29, 1.82) is 0 Å². The summed E-state index contributed by atoms with van der Waals surface area (Å²) in [6, 6.07) is 0. The summed E-state index contributed by atoms with van der Waals surface area (Å²) in [6.45, 7) is 7.90. The summed E-state index contributed by atoms with van der Waals surface area (Å²) >= 11 is 0. The third-order valence-corrected chi connectivity index (χ3v) is 2.70. The van der Waals surface area contributed by atoms with Gasteiger partial charge in [-0.2, -0.15) is 0 Å². The van der Waals surface area contributed by atoms with Gasteiger partial charge in [-0.3, -0.25) is 4.90 Å². The van der Waals surface area contributed by atoms with Crippen molar-refractivity contribution in [2.75, 3.05) is 13.2 Å². The molecule has 12 heavy (non-hydrogen) atoms. The van der Waals surface area contributed by atoms with Crippen molar-refractivity contribution in [1.82, 2.24) is 4.90 Å². The molecule has 1 fully saturated rings. The Balaban J connectivity index is 2.51. The fraction of sp³-hybridized carbons (Fsp3) is 0.625. The molecule has 1 rings (SSSR count). The van der Waals surface area contributed by atoms with Crippen molar-refractivity contribution in [3.05, 3.63) is 11.9 Å². The lowest BCUT2D eigenvalue weighted by Gasteiger charge is -2.11. The summed E-state index contributed by atoms with van der Waals surface area (Å²) < 4.78 is 4.78. The standard InChI is InChI=1S/C8H15NO2Si/c1-12(2,3)7-5-9-4-6-11-8(9)10/h5,7H,4,6H2,1-3H3/b7-5-. The van der Waals surface area contributed by atoms with E-state index < -0.39 is 8.07 Å². The largest absolute Gasteiger partial charge is 0.447 e. The number of hydrogen-bond donors (Lipinski definition) is 0. The quantitative estimate of drug-likeness (QED) is 0.614. The summed E-state index contributed by atoms with van der Waals surface area (Å²) in [5, 5.41) is 0. The average molecular weight is 185 g/mol. The maximum absolute atomic E-state index is 11.0. The van der Waals surface area contributed by atoms with E-state index in [1.807, 2.05) is 6.20 Å². The van der Waals surface area contributed by atoms with Crippen LogP contribution in [0.25, 0.3) is 0 Å². The summed E-state index contributed by atoms with van der Waals surface area (Å²) in [5.41, 5.74) is 2.14. The Bertz CT molecular complexity index is 208. The van der Waals surface area contributed by atoms with E-state index in [9.17, 15) is 4.79 Å². The second-order valence-electron chi connectivity index (χ2n) is 3.99. The normalized spacial score (nSPS) is 18.9. The van der Waals surface area contributed by atoms with Crippen LogP contribution in [-0.4, -0.2) is 32.2 Å². The van der Waals surface area contributed by atoms with Gasteiger partial charge in [-0.05, 0) is 0 Å². The molecule has 0 bridgehead atoms. The van der Waals surface area contributed by atoms with Crippen molar-refractivity contribution in [3.8, 4) is 0 Å². The van der Waals surface area contributed by atoms with Gasteiger partial charge >= 0.3 is 6.09 Å². The Labute approximate surface area is 74.0 Å². The molecule has 1 saturated heterocycles. The molecule has 0 atom stereocenters. The lowest BCUT2D eigenvalue weighted by atomic mass is 10.6. The van der Waals surface area contributed by atoms with Gasteiger partial charge < -0.3 is 4.74 Å². The second kappa shape index (κ2) is 3.31. The predicted octanol–water partition coefficient (Wildman–Crippen LogP) is 1.83. The van der Waals surface area contributed by atoms with Crippen LogP contribution < -0.4 is 0 Å². The molecule has 68 valence electrons. The van der Waals surface area contributed by atoms with E-state index in [0.29, 0.717) is 13.2 Å². The van der Waals surface area contributed by atoms with Crippen LogP contribution in [0.2, 0.25) is 19.6 Å². The second-order valence-corrected chi connectivity index (χ2v) is 9.05. The van der Waals surface area contributed by atoms with Gasteiger partial charge in [0.25, 0.3) is 0 Å². The van der Waals surface area contributed by atoms with Crippen LogP contribution in [0.4, 0.5) is 4.79 Å².